The lowest BCUT2D eigenvalue weighted by molar-refractivity contribution is 0.562. The highest BCUT2D eigenvalue weighted by Crippen LogP contribution is 2.22. The molecule has 0 fully saturated rings. The van der Waals surface area contributed by atoms with Crippen molar-refractivity contribution in [2.45, 2.75) is 26.2 Å². The summed E-state index contributed by atoms with van der Waals surface area (Å²) in [5.41, 5.74) is 2.35. The van der Waals surface area contributed by atoms with Crippen molar-refractivity contribution in [1.29, 1.82) is 0 Å². The molecule has 0 bridgehead atoms. The fourth-order valence-electron chi connectivity index (χ4n) is 1.43. The van der Waals surface area contributed by atoms with Gasteiger partial charge >= 0.3 is 0 Å². The van der Waals surface area contributed by atoms with Gasteiger partial charge in [-0.15, -0.1) is 0 Å². The molecule has 0 unspecified atom stereocenters. The Bertz CT molecular complexity index is 406. The zero-order chi connectivity index (χ0) is 10.9. The third kappa shape index (κ3) is 2.09. The molecule has 0 amide bonds. The van der Waals surface area contributed by atoms with Crippen LogP contribution in [0.3, 0.4) is 0 Å². The van der Waals surface area contributed by atoms with Gasteiger partial charge in [0.05, 0.1) is 11.4 Å². The maximum absolute atomic E-state index is 4.57. The SMILES string of the molecule is CC(C)(C)c1cc2n(n1)C=CC=CC=C2. The Morgan fingerprint density at radius 1 is 1.07 bits per heavy atom. The molecule has 15 heavy (non-hydrogen) atoms. The predicted molar refractivity (Wildman–Crippen MR) is 64.4 cm³/mol. The van der Waals surface area contributed by atoms with Gasteiger partial charge < -0.3 is 0 Å². The Kier molecular flexibility index (Phi) is 2.35. The van der Waals surface area contributed by atoms with E-state index in [2.05, 4.69) is 38.0 Å². The predicted octanol–water partition coefficient (Wildman–Crippen LogP) is 3.23. The molecular formula is C13H16N2. The van der Waals surface area contributed by atoms with Crippen LogP contribution < -0.4 is 0 Å². The highest BCUT2D eigenvalue weighted by molar-refractivity contribution is 5.53. The highest BCUT2D eigenvalue weighted by Gasteiger charge is 2.18. The van der Waals surface area contributed by atoms with Crippen molar-refractivity contribution in [3.63, 3.8) is 0 Å². The van der Waals surface area contributed by atoms with Crippen LogP contribution in [0.2, 0.25) is 0 Å². The monoisotopic (exact) mass is 200 g/mol. The Morgan fingerprint density at radius 2 is 1.80 bits per heavy atom. The lowest BCUT2D eigenvalue weighted by Crippen LogP contribution is -2.12. The molecular weight excluding hydrogens is 184 g/mol. The van der Waals surface area contributed by atoms with Gasteiger partial charge in [0.2, 0.25) is 0 Å². The molecule has 1 aromatic heterocycles. The van der Waals surface area contributed by atoms with Gasteiger partial charge in [0.25, 0.3) is 0 Å². The Labute approximate surface area is 90.6 Å². The van der Waals surface area contributed by atoms with Crippen molar-refractivity contribution < 1.29 is 0 Å². The minimum absolute atomic E-state index is 0.100. The first-order valence-electron chi connectivity index (χ1n) is 5.19. The maximum atomic E-state index is 4.57. The van der Waals surface area contributed by atoms with Crippen LogP contribution in [0.4, 0.5) is 0 Å². The third-order valence-electron chi connectivity index (χ3n) is 2.36. The number of hydrogen-bond acceptors (Lipinski definition) is 1. The summed E-state index contributed by atoms with van der Waals surface area (Å²) in [5, 5.41) is 4.57. The van der Waals surface area contributed by atoms with Gasteiger partial charge in [-0.1, -0.05) is 39.0 Å². The number of allylic oxidation sites excluding steroid dienone is 4. The van der Waals surface area contributed by atoms with Gasteiger partial charge in [-0.25, -0.2) is 4.68 Å². The van der Waals surface area contributed by atoms with E-state index in [4.69, 9.17) is 0 Å². The Morgan fingerprint density at radius 3 is 2.53 bits per heavy atom. The zero-order valence-electron chi connectivity index (χ0n) is 9.44. The van der Waals surface area contributed by atoms with Gasteiger partial charge in [0, 0.05) is 11.6 Å². The van der Waals surface area contributed by atoms with Crippen LogP contribution in [0, 0.1) is 0 Å². The van der Waals surface area contributed by atoms with Crippen LogP contribution in [0.25, 0.3) is 12.3 Å². The standard InChI is InChI=1S/C13H16N2/c1-13(2,3)12-10-11-8-6-4-5-7-9-15(11)14-12/h4-10H,1-3H3. The molecule has 0 aromatic carbocycles. The first-order chi connectivity index (χ1) is 7.07. The summed E-state index contributed by atoms with van der Waals surface area (Å²) in [5.74, 6) is 0. The number of fused-ring (bicyclic) bond motifs is 1. The minimum Gasteiger partial charge on any atom is -0.241 e. The van der Waals surface area contributed by atoms with Crippen LogP contribution in [-0.4, -0.2) is 9.78 Å². The summed E-state index contributed by atoms with van der Waals surface area (Å²) in [6.07, 6.45) is 12.1. The lowest BCUT2D eigenvalue weighted by Gasteiger charge is -2.13. The average Bonchev–Trinajstić information content (AvgIpc) is 2.46. The molecule has 1 aromatic rings. The number of aromatic nitrogens is 2. The minimum atomic E-state index is 0.100. The van der Waals surface area contributed by atoms with Gasteiger partial charge in [0.15, 0.2) is 0 Å². The topological polar surface area (TPSA) is 17.8 Å². The molecule has 0 aliphatic carbocycles. The largest absolute Gasteiger partial charge is 0.241 e. The van der Waals surface area contributed by atoms with E-state index in [0.717, 1.165) is 11.4 Å². The molecule has 0 atom stereocenters. The van der Waals surface area contributed by atoms with Crippen LogP contribution >= 0.6 is 0 Å². The maximum Gasteiger partial charge on any atom is 0.0688 e. The van der Waals surface area contributed by atoms with Crippen LogP contribution in [-0.2, 0) is 5.41 Å². The van der Waals surface area contributed by atoms with E-state index in [1.54, 1.807) is 0 Å². The molecule has 1 aliphatic heterocycles. The molecule has 2 heterocycles. The van der Waals surface area contributed by atoms with Crippen molar-refractivity contribution in [2.24, 2.45) is 0 Å². The fourth-order valence-corrected chi connectivity index (χ4v) is 1.43. The number of rotatable bonds is 0. The second-order valence-corrected chi connectivity index (χ2v) is 4.73. The van der Waals surface area contributed by atoms with E-state index < -0.39 is 0 Å². The second-order valence-electron chi connectivity index (χ2n) is 4.73. The summed E-state index contributed by atoms with van der Waals surface area (Å²) < 4.78 is 1.92. The normalized spacial score (nSPS) is 14.9. The second kappa shape index (κ2) is 3.54. The Balaban J connectivity index is 2.48. The summed E-state index contributed by atoms with van der Waals surface area (Å²) in [7, 11) is 0. The molecule has 0 spiro atoms. The third-order valence-corrected chi connectivity index (χ3v) is 2.36. The number of hydrogen-bond donors (Lipinski definition) is 0. The van der Waals surface area contributed by atoms with Crippen molar-refractivity contribution in [3.05, 3.63) is 41.8 Å². The van der Waals surface area contributed by atoms with Crippen LogP contribution in [0.15, 0.2) is 30.4 Å². The average molecular weight is 200 g/mol. The molecule has 0 saturated carbocycles. The van der Waals surface area contributed by atoms with Crippen LogP contribution in [0.5, 0.6) is 0 Å². The molecule has 0 saturated heterocycles. The van der Waals surface area contributed by atoms with Gasteiger partial charge in [-0.3, -0.25) is 0 Å². The van der Waals surface area contributed by atoms with Crippen LogP contribution in [0.1, 0.15) is 32.2 Å². The van der Waals surface area contributed by atoms with Crippen molar-refractivity contribution >= 4 is 12.3 Å². The van der Waals surface area contributed by atoms with E-state index in [1.807, 2.05) is 35.2 Å². The van der Waals surface area contributed by atoms with E-state index in [0.29, 0.717) is 0 Å². The smallest absolute Gasteiger partial charge is 0.0688 e. The molecule has 2 heteroatoms. The van der Waals surface area contributed by atoms with Gasteiger partial charge in [-0.2, -0.15) is 5.10 Å². The van der Waals surface area contributed by atoms with E-state index >= 15 is 0 Å². The first kappa shape index (κ1) is 9.97. The quantitative estimate of drug-likeness (QED) is 0.628. The van der Waals surface area contributed by atoms with Crippen molar-refractivity contribution in [1.82, 2.24) is 9.78 Å². The summed E-state index contributed by atoms with van der Waals surface area (Å²) in [4.78, 5) is 0. The lowest BCUT2D eigenvalue weighted by atomic mass is 9.92. The molecule has 0 N–H and O–H groups in total. The molecule has 2 nitrogen and oxygen atoms in total. The molecule has 2 rings (SSSR count). The molecule has 1 aliphatic rings. The zero-order valence-corrected chi connectivity index (χ0v) is 9.44. The Hall–Kier alpha value is -1.57. The van der Waals surface area contributed by atoms with Crippen molar-refractivity contribution in [2.75, 3.05) is 0 Å². The van der Waals surface area contributed by atoms with Gasteiger partial charge in [0.1, 0.15) is 0 Å². The first-order valence-corrected chi connectivity index (χ1v) is 5.19. The van der Waals surface area contributed by atoms with E-state index in [-0.39, 0.29) is 5.41 Å². The summed E-state index contributed by atoms with van der Waals surface area (Å²) >= 11 is 0. The summed E-state index contributed by atoms with van der Waals surface area (Å²) in [6, 6.07) is 2.14. The molecule has 78 valence electrons. The van der Waals surface area contributed by atoms with E-state index in [1.165, 1.54) is 0 Å². The summed E-state index contributed by atoms with van der Waals surface area (Å²) in [6.45, 7) is 6.53. The number of nitrogens with zero attached hydrogens (tertiary/aromatic N) is 2. The van der Waals surface area contributed by atoms with E-state index in [9.17, 15) is 0 Å². The highest BCUT2D eigenvalue weighted by atomic mass is 15.3. The van der Waals surface area contributed by atoms with Gasteiger partial charge in [-0.05, 0) is 18.2 Å². The fraction of sp³-hybridized carbons (Fsp3) is 0.308. The molecule has 0 radical (unpaired) electrons. The van der Waals surface area contributed by atoms with Crippen molar-refractivity contribution in [3.8, 4) is 0 Å².